The molecule has 2 saturated carbocycles. The number of nitrogens with one attached hydrogen (secondary N) is 1. The van der Waals surface area contributed by atoms with Crippen LogP contribution in [0.4, 0.5) is 0 Å². The molecule has 5 fully saturated rings. The summed E-state index contributed by atoms with van der Waals surface area (Å²) in [7, 11) is -0.0939. The van der Waals surface area contributed by atoms with Crippen molar-refractivity contribution in [1.82, 2.24) is 19.1 Å². The molecule has 2 bridgehead atoms. The molecular formula is C39H50N4O6S. The highest BCUT2D eigenvalue weighted by molar-refractivity contribution is 7.90. The summed E-state index contributed by atoms with van der Waals surface area (Å²) in [6, 6.07) is 14.3. The van der Waals surface area contributed by atoms with Gasteiger partial charge in [-0.15, -0.1) is 0 Å². The molecule has 2 amide bonds. The number of nitrogens with zero attached hydrogens (tertiary/aromatic N) is 3. The van der Waals surface area contributed by atoms with E-state index in [4.69, 9.17) is 9.47 Å². The summed E-state index contributed by atoms with van der Waals surface area (Å²) in [5, 5.41) is 1.07. The maximum absolute atomic E-state index is 14.6. The Morgan fingerprint density at radius 2 is 1.72 bits per heavy atom. The number of hydrogen-bond acceptors (Lipinski definition) is 7. The monoisotopic (exact) mass is 702 g/mol. The molecule has 1 N–H and O–H groups in total. The molecule has 0 radical (unpaired) electrons. The number of carbonyl (C=O) groups is 2. The number of piperazine rings is 1. The maximum Gasteiger partial charge on any atom is 0.264 e. The van der Waals surface area contributed by atoms with E-state index in [1.165, 1.54) is 12.0 Å². The Morgan fingerprint density at radius 1 is 1.00 bits per heavy atom. The number of hydrogen-bond donors (Lipinski definition) is 1. The second kappa shape index (κ2) is 13.0. The van der Waals surface area contributed by atoms with E-state index in [1.54, 1.807) is 13.2 Å². The Morgan fingerprint density at radius 3 is 2.36 bits per heavy atom. The van der Waals surface area contributed by atoms with Crippen molar-refractivity contribution < 1.29 is 27.5 Å². The molecule has 8 rings (SSSR count). The van der Waals surface area contributed by atoms with Crippen LogP contribution < -0.4 is 9.46 Å². The van der Waals surface area contributed by atoms with Gasteiger partial charge in [0.1, 0.15) is 5.75 Å². The molecule has 10 nitrogen and oxygen atoms in total. The van der Waals surface area contributed by atoms with E-state index in [1.807, 2.05) is 24.3 Å². The van der Waals surface area contributed by atoms with Crippen LogP contribution >= 0.6 is 0 Å². The fourth-order valence-electron chi connectivity index (χ4n) is 9.57. The molecule has 3 saturated heterocycles. The SMILES string of the molecule is COc1ccc(-c2c(C3CCCCC3)c3ccc(C(=O)NS(=O)(=O)CC4CCCO4)cc3n2CC2(C(=O)N3C4CC3CN(C)C4)CC2C)cc1. The summed E-state index contributed by atoms with van der Waals surface area (Å²) in [4.78, 5) is 32.8. The van der Waals surface area contributed by atoms with E-state index in [0.717, 1.165) is 85.9 Å². The molecule has 2 aromatic carbocycles. The van der Waals surface area contributed by atoms with Crippen molar-refractivity contribution in [3.8, 4) is 17.0 Å². The third-order valence-corrected chi connectivity index (χ3v) is 13.7. The molecule has 5 atom stereocenters. The van der Waals surface area contributed by atoms with Crippen LogP contribution in [0.5, 0.6) is 5.75 Å². The van der Waals surface area contributed by atoms with Gasteiger partial charge in [0, 0.05) is 54.8 Å². The third kappa shape index (κ3) is 6.02. The van der Waals surface area contributed by atoms with Gasteiger partial charge in [0.15, 0.2) is 0 Å². The average Bonchev–Trinajstić information content (AvgIpc) is 3.37. The predicted molar refractivity (Wildman–Crippen MR) is 193 cm³/mol. The van der Waals surface area contributed by atoms with Gasteiger partial charge in [-0.1, -0.05) is 32.3 Å². The summed E-state index contributed by atoms with van der Waals surface area (Å²) in [5.41, 5.74) is 4.02. The molecular weight excluding hydrogens is 653 g/mol. The van der Waals surface area contributed by atoms with Crippen LogP contribution in [0.25, 0.3) is 22.2 Å². The molecule has 3 aliphatic heterocycles. The fraction of sp³-hybridized carbons (Fsp3) is 0.590. The quantitative estimate of drug-likeness (QED) is 0.295. The highest BCUT2D eigenvalue weighted by Gasteiger charge is 2.62. The first kappa shape index (κ1) is 33.7. The number of likely N-dealkylation sites (tertiary alicyclic amines) is 2. The molecule has 268 valence electrons. The lowest BCUT2D eigenvalue weighted by Gasteiger charge is -2.56. The second-order valence-corrected chi connectivity index (χ2v) is 17.5. The Hall–Kier alpha value is -3.41. The molecule has 50 heavy (non-hydrogen) atoms. The van der Waals surface area contributed by atoms with Gasteiger partial charge in [-0.25, -0.2) is 13.1 Å². The lowest BCUT2D eigenvalue weighted by molar-refractivity contribution is -0.160. The maximum atomic E-state index is 14.6. The molecule has 0 spiro atoms. The zero-order valence-electron chi connectivity index (χ0n) is 29.5. The van der Waals surface area contributed by atoms with Gasteiger partial charge in [-0.3, -0.25) is 9.59 Å². The molecule has 5 unspecified atom stereocenters. The zero-order valence-corrected chi connectivity index (χ0v) is 30.3. The zero-order chi connectivity index (χ0) is 34.8. The van der Waals surface area contributed by atoms with E-state index < -0.39 is 27.4 Å². The fourth-order valence-corrected chi connectivity index (χ4v) is 10.8. The van der Waals surface area contributed by atoms with Gasteiger partial charge >= 0.3 is 0 Å². The molecule has 1 aromatic heterocycles. The van der Waals surface area contributed by atoms with E-state index in [-0.39, 0.29) is 35.2 Å². The van der Waals surface area contributed by atoms with Gasteiger partial charge in [0.2, 0.25) is 15.9 Å². The number of ether oxygens (including phenoxy) is 2. The Labute approximate surface area is 295 Å². The Bertz CT molecular complexity index is 1880. The summed E-state index contributed by atoms with van der Waals surface area (Å²) in [6.07, 6.45) is 8.69. The van der Waals surface area contributed by atoms with Gasteiger partial charge in [-0.05, 0) is 105 Å². The van der Waals surface area contributed by atoms with Crippen molar-refractivity contribution in [2.75, 3.05) is 39.6 Å². The molecule has 5 aliphatic rings. The normalized spacial score (nSPS) is 28.4. The minimum atomic E-state index is -3.90. The Balaban J connectivity index is 1.23. The third-order valence-electron chi connectivity index (χ3n) is 12.4. The van der Waals surface area contributed by atoms with Crippen molar-refractivity contribution in [3.05, 3.63) is 53.6 Å². The average molecular weight is 703 g/mol. The van der Waals surface area contributed by atoms with E-state index in [0.29, 0.717) is 25.5 Å². The minimum Gasteiger partial charge on any atom is -0.497 e. The number of rotatable bonds is 10. The van der Waals surface area contributed by atoms with Gasteiger partial charge in [0.25, 0.3) is 5.91 Å². The largest absolute Gasteiger partial charge is 0.497 e. The first-order valence-electron chi connectivity index (χ1n) is 18.5. The summed E-state index contributed by atoms with van der Waals surface area (Å²) in [5.74, 6) is 0.714. The number of likely N-dealkylation sites (N-methyl/N-ethyl adjacent to an activating group) is 1. The minimum absolute atomic E-state index is 0.225. The smallest absolute Gasteiger partial charge is 0.264 e. The van der Waals surface area contributed by atoms with E-state index in [9.17, 15) is 18.0 Å². The molecule has 4 heterocycles. The van der Waals surface area contributed by atoms with Crippen LogP contribution in [0.2, 0.25) is 0 Å². The van der Waals surface area contributed by atoms with Gasteiger partial charge < -0.3 is 23.8 Å². The summed E-state index contributed by atoms with van der Waals surface area (Å²) in [6.45, 7) is 5.07. The molecule has 11 heteroatoms. The number of methoxy groups -OCH3 is 1. The van der Waals surface area contributed by atoms with E-state index >= 15 is 0 Å². The van der Waals surface area contributed by atoms with Gasteiger partial charge in [-0.2, -0.15) is 0 Å². The lowest BCUT2D eigenvalue weighted by Crippen LogP contribution is -2.70. The first-order chi connectivity index (χ1) is 24.1. The number of fused-ring (bicyclic) bond motifs is 3. The number of piperidine rings is 1. The molecule has 2 aliphatic carbocycles. The van der Waals surface area contributed by atoms with Crippen molar-refractivity contribution >= 4 is 32.7 Å². The van der Waals surface area contributed by atoms with Crippen LogP contribution in [0.15, 0.2) is 42.5 Å². The number of amides is 2. The standard InChI is InChI=1S/C39H50N4O6S/c1-25-20-39(25,38(45)43-29-19-30(43)22-41(2)21-29)24-42-34-18-28(37(44)40-50(46,47)23-32-10-7-17-49-32)13-16-33(34)35(26-8-5-4-6-9-26)36(42)27-11-14-31(48-3)15-12-27/h11-16,18,25-26,29-30,32H,4-10,17,19-24H2,1-3H3,(H,40,44). The highest BCUT2D eigenvalue weighted by atomic mass is 32.2. The van der Waals surface area contributed by atoms with Crippen LogP contribution in [-0.4, -0.2) is 92.4 Å². The molecule has 3 aromatic rings. The van der Waals surface area contributed by atoms with Gasteiger partial charge in [0.05, 0.1) is 30.1 Å². The van der Waals surface area contributed by atoms with Crippen molar-refractivity contribution in [2.45, 2.75) is 95.4 Å². The van der Waals surface area contributed by atoms with Crippen molar-refractivity contribution in [3.63, 3.8) is 0 Å². The number of benzene rings is 2. The van der Waals surface area contributed by atoms with E-state index in [2.05, 4.69) is 45.2 Å². The Kier molecular flexibility index (Phi) is 8.75. The first-order valence-corrected chi connectivity index (χ1v) is 20.2. The van der Waals surface area contributed by atoms with Crippen molar-refractivity contribution in [1.29, 1.82) is 0 Å². The van der Waals surface area contributed by atoms with Crippen molar-refractivity contribution in [2.24, 2.45) is 11.3 Å². The predicted octanol–water partition coefficient (Wildman–Crippen LogP) is 5.54. The van der Waals surface area contributed by atoms with Crippen LogP contribution in [0.3, 0.4) is 0 Å². The number of aromatic nitrogens is 1. The number of sulfonamides is 1. The second-order valence-electron chi connectivity index (χ2n) is 15.7. The van der Waals surface area contributed by atoms with Crippen LogP contribution in [-0.2, 0) is 26.1 Å². The summed E-state index contributed by atoms with van der Waals surface area (Å²) >= 11 is 0. The topological polar surface area (TPSA) is 110 Å². The van der Waals surface area contributed by atoms with Crippen LogP contribution in [0, 0.1) is 11.3 Å². The van der Waals surface area contributed by atoms with Crippen LogP contribution in [0.1, 0.15) is 86.6 Å². The summed E-state index contributed by atoms with van der Waals surface area (Å²) < 4.78 is 41.8. The highest BCUT2D eigenvalue weighted by Crippen LogP contribution is 2.58. The number of carbonyl (C=O) groups excluding carboxylic acids is 2. The lowest BCUT2D eigenvalue weighted by atomic mass is 9.81.